The lowest BCUT2D eigenvalue weighted by Crippen LogP contribution is -2.06. The summed E-state index contributed by atoms with van der Waals surface area (Å²) in [4.78, 5) is 9.73. The molecule has 0 saturated heterocycles. The molecule has 0 heterocycles. The maximum absolute atomic E-state index is 12.5. The van der Waals surface area contributed by atoms with Crippen LogP contribution in [0.1, 0.15) is 12.5 Å². The van der Waals surface area contributed by atoms with E-state index in [-0.39, 0.29) is 6.61 Å². The van der Waals surface area contributed by atoms with E-state index >= 15 is 0 Å². The van der Waals surface area contributed by atoms with E-state index in [1.54, 1.807) is 0 Å². The Hall–Kier alpha value is -1.60. The van der Waals surface area contributed by atoms with Crippen LogP contribution in [0.3, 0.4) is 0 Å². The van der Waals surface area contributed by atoms with Gasteiger partial charge in [-0.1, -0.05) is 0 Å². The van der Waals surface area contributed by atoms with Crippen LogP contribution >= 0.6 is 7.60 Å². The average Bonchev–Trinajstić information content (AvgIpc) is 2.26. The highest BCUT2D eigenvalue weighted by Crippen LogP contribution is 2.47. The fraction of sp³-hybridized carbons (Fsp3) is 0.400. The minimum atomic E-state index is -4.72. The molecule has 0 N–H and O–H groups in total. The summed E-state index contributed by atoms with van der Waals surface area (Å²) in [6, 6.07) is 1.67. The third-order valence-corrected chi connectivity index (χ3v) is 3.37. The van der Waals surface area contributed by atoms with Gasteiger partial charge in [0.05, 0.1) is 17.1 Å². The summed E-state index contributed by atoms with van der Waals surface area (Å²) in [6.45, 7) is 2.63. The molecule has 1 aromatic rings. The summed E-state index contributed by atoms with van der Waals surface area (Å²) in [5, 5.41) is 10.8. The Morgan fingerprint density at radius 2 is 2.00 bits per heavy atom. The molecule has 0 aliphatic heterocycles. The Labute approximate surface area is 112 Å². The van der Waals surface area contributed by atoms with Gasteiger partial charge in [0.2, 0.25) is 5.75 Å². The maximum atomic E-state index is 12.5. The van der Waals surface area contributed by atoms with Gasteiger partial charge in [-0.3, -0.25) is 10.1 Å². The van der Waals surface area contributed by atoms with Gasteiger partial charge in [0.1, 0.15) is 0 Å². The third-order valence-electron chi connectivity index (χ3n) is 2.11. The van der Waals surface area contributed by atoms with Crippen molar-refractivity contribution in [2.24, 2.45) is 0 Å². The Morgan fingerprint density at radius 1 is 1.40 bits per heavy atom. The molecule has 0 aliphatic carbocycles. The highest BCUT2D eigenvalue weighted by atomic mass is 31.2. The topological polar surface area (TPSA) is 78.7 Å². The second kappa shape index (κ2) is 5.80. The van der Waals surface area contributed by atoms with Crippen LogP contribution in [0.4, 0.5) is 18.9 Å². The summed E-state index contributed by atoms with van der Waals surface area (Å²) in [5.74, 6) is -0.540. The molecule has 1 rings (SSSR count). The summed E-state index contributed by atoms with van der Waals surface area (Å²) in [6.07, 6.45) is -4.72. The molecule has 0 fully saturated rings. The number of alkyl halides is 3. The predicted molar refractivity (Wildman–Crippen MR) is 63.9 cm³/mol. The molecule has 1 aromatic carbocycles. The summed E-state index contributed by atoms with van der Waals surface area (Å²) >= 11 is 0. The van der Waals surface area contributed by atoms with Gasteiger partial charge in [0, 0.05) is 12.7 Å². The summed E-state index contributed by atoms with van der Waals surface area (Å²) < 4.78 is 58.8. The lowest BCUT2D eigenvalue weighted by molar-refractivity contribution is -0.385. The zero-order valence-corrected chi connectivity index (χ0v) is 11.4. The molecule has 0 amide bonds. The van der Waals surface area contributed by atoms with Crippen molar-refractivity contribution in [1.82, 2.24) is 0 Å². The molecule has 20 heavy (non-hydrogen) atoms. The smallest absolute Gasteiger partial charge is 0.416 e. The van der Waals surface area contributed by atoms with Crippen molar-refractivity contribution in [2.45, 2.75) is 13.1 Å². The van der Waals surface area contributed by atoms with Crippen molar-refractivity contribution in [3.05, 3.63) is 33.9 Å². The van der Waals surface area contributed by atoms with E-state index < -0.39 is 35.7 Å². The van der Waals surface area contributed by atoms with Gasteiger partial charge in [-0.15, -0.1) is 0 Å². The zero-order valence-electron chi connectivity index (χ0n) is 10.5. The third kappa shape index (κ3) is 4.21. The predicted octanol–water partition coefficient (Wildman–Crippen LogP) is 3.85. The highest BCUT2D eigenvalue weighted by Gasteiger charge is 2.34. The van der Waals surface area contributed by atoms with Crippen LogP contribution < -0.4 is 4.52 Å². The van der Waals surface area contributed by atoms with E-state index in [9.17, 15) is 27.9 Å². The van der Waals surface area contributed by atoms with Crippen molar-refractivity contribution in [1.29, 1.82) is 0 Å². The van der Waals surface area contributed by atoms with Gasteiger partial charge in [-0.25, -0.2) is 4.57 Å². The molecule has 6 nitrogen and oxygen atoms in total. The number of benzene rings is 1. The first-order valence-corrected chi connectivity index (χ1v) is 7.33. The molecule has 10 heteroatoms. The Balaban J connectivity index is 3.21. The first-order valence-electron chi connectivity index (χ1n) is 5.34. The van der Waals surface area contributed by atoms with Crippen molar-refractivity contribution >= 4 is 13.3 Å². The minimum absolute atomic E-state index is 0.0300. The molecule has 0 radical (unpaired) electrons. The van der Waals surface area contributed by atoms with E-state index in [1.807, 2.05) is 0 Å². The van der Waals surface area contributed by atoms with Gasteiger partial charge in [0.15, 0.2) is 0 Å². The zero-order chi connectivity index (χ0) is 15.6. The lowest BCUT2D eigenvalue weighted by Gasteiger charge is -2.15. The minimum Gasteiger partial charge on any atom is -0.417 e. The fourth-order valence-corrected chi connectivity index (χ4v) is 2.39. The Bertz CT molecular complexity index is 560. The van der Waals surface area contributed by atoms with Gasteiger partial charge >= 0.3 is 19.5 Å². The SMILES string of the molecule is CCOP(C)(=O)Oc1ccc(C(F)(F)F)cc1[N+](=O)[O-]. The molecule has 0 aromatic heterocycles. The second-order valence-corrected chi connectivity index (χ2v) is 5.70. The van der Waals surface area contributed by atoms with Crippen LogP contribution in [0.5, 0.6) is 5.75 Å². The number of halogens is 3. The average molecular weight is 313 g/mol. The molecule has 0 aliphatic rings. The molecule has 1 unspecified atom stereocenters. The van der Waals surface area contributed by atoms with Gasteiger partial charge in [-0.2, -0.15) is 13.2 Å². The first kappa shape index (κ1) is 16.5. The normalized spacial score (nSPS) is 14.7. The highest BCUT2D eigenvalue weighted by molar-refractivity contribution is 7.53. The van der Waals surface area contributed by atoms with E-state index in [0.29, 0.717) is 12.1 Å². The first-order chi connectivity index (χ1) is 9.07. The van der Waals surface area contributed by atoms with Crippen molar-refractivity contribution in [2.75, 3.05) is 13.3 Å². The molecule has 0 saturated carbocycles. The molecule has 0 spiro atoms. The molecule has 1 atom stereocenters. The summed E-state index contributed by atoms with van der Waals surface area (Å²) in [7, 11) is -3.62. The van der Waals surface area contributed by atoms with Crippen molar-refractivity contribution < 1.29 is 31.7 Å². The lowest BCUT2D eigenvalue weighted by atomic mass is 10.2. The van der Waals surface area contributed by atoms with E-state index in [1.165, 1.54) is 6.92 Å². The van der Waals surface area contributed by atoms with Crippen LogP contribution in [0, 0.1) is 10.1 Å². The number of hydrogen-bond acceptors (Lipinski definition) is 5. The van der Waals surface area contributed by atoms with Crippen molar-refractivity contribution in [3.8, 4) is 5.75 Å². The monoisotopic (exact) mass is 313 g/mol. The van der Waals surface area contributed by atoms with Crippen LogP contribution in [-0.4, -0.2) is 18.2 Å². The van der Waals surface area contributed by atoms with E-state index in [0.717, 1.165) is 12.7 Å². The second-order valence-electron chi connectivity index (χ2n) is 3.72. The van der Waals surface area contributed by atoms with E-state index in [4.69, 9.17) is 9.05 Å². The number of rotatable bonds is 5. The number of hydrogen-bond donors (Lipinski definition) is 0. The van der Waals surface area contributed by atoms with Crippen LogP contribution in [0.25, 0.3) is 0 Å². The fourth-order valence-electron chi connectivity index (χ4n) is 1.35. The summed E-state index contributed by atoms with van der Waals surface area (Å²) in [5.41, 5.74) is -2.12. The standard InChI is InChI=1S/C10H11F3NO5P/c1-3-18-20(2,17)19-9-5-4-7(10(11,12)13)6-8(9)14(15)16/h4-6H,3H2,1-2H3. The van der Waals surface area contributed by atoms with Crippen LogP contribution in [-0.2, 0) is 15.3 Å². The Kier molecular flexibility index (Phi) is 4.77. The Morgan fingerprint density at radius 3 is 2.45 bits per heavy atom. The van der Waals surface area contributed by atoms with E-state index in [2.05, 4.69) is 0 Å². The molecule has 0 bridgehead atoms. The molecule has 112 valence electrons. The van der Waals surface area contributed by atoms with Gasteiger partial charge in [-0.05, 0) is 19.1 Å². The number of nitrogens with zero attached hydrogens (tertiary/aromatic N) is 1. The van der Waals surface area contributed by atoms with Crippen LogP contribution in [0.15, 0.2) is 18.2 Å². The largest absolute Gasteiger partial charge is 0.417 e. The molecular formula is C10H11F3NO5P. The van der Waals surface area contributed by atoms with Gasteiger partial charge < -0.3 is 9.05 Å². The number of nitro benzene ring substituents is 1. The van der Waals surface area contributed by atoms with Crippen LogP contribution in [0.2, 0.25) is 0 Å². The molecular weight excluding hydrogens is 302 g/mol. The van der Waals surface area contributed by atoms with Crippen molar-refractivity contribution in [3.63, 3.8) is 0 Å². The number of nitro groups is 1. The maximum Gasteiger partial charge on any atom is 0.416 e. The quantitative estimate of drug-likeness (QED) is 0.468. The van der Waals surface area contributed by atoms with Gasteiger partial charge in [0.25, 0.3) is 0 Å².